The van der Waals surface area contributed by atoms with Crippen LogP contribution in [0, 0.1) is 5.92 Å². The third kappa shape index (κ3) is 2.28. The first-order valence-corrected chi connectivity index (χ1v) is 6.42. The number of benzene rings is 1. The van der Waals surface area contributed by atoms with Crippen molar-refractivity contribution in [3.8, 4) is 0 Å². The van der Waals surface area contributed by atoms with Gasteiger partial charge in [-0.05, 0) is 44.0 Å². The first-order valence-electron chi connectivity index (χ1n) is 6.42. The van der Waals surface area contributed by atoms with Gasteiger partial charge in [0.1, 0.15) is 0 Å². The van der Waals surface area contributed by atoms with Crippen LogP contribution in [0.1, 0.15) is 24.3 Å². The van der Waals surface area contributed by atoms with E-state index in [1.165, 1.54) is 38.0 Å². The zero-order valence-corrected chi connectivity index (χ0v) is 9.65. The topological polar surface area (TPSA) is 24.1 Å². The molecule has 1 aliphatic heterocycles. The SMILES string of the molecule is c1ccc([C@@H]2C[C@H]2NC[C@H]2CCNC2)cc1. The second-order valence-electron chi connectivity index (χ2n) is 5.13. The predicted molar refractivity (Wildman–Crippen MR) is 66.6 cm³/mol. The maximum atomic E-state index is 3.71. The van der Waals surface area contributed by atoms with Crippen molar-refractivity contribution in [2.75, 3.05) is 19.6 Å². The first kappa shape index (κ1) is 10.3. The summed E-state index contributed by atoms with van der Waals surface area (Å²) in [5.41, 5.74) is 1.50. The minimum absolute atomic E-state index is 0.739. The van der Waals surface area contributed by atoms with E-state index in [0.717, 1.165) is 17.9 Å². The summed E-state index contributed by atoms with van der Waals surface area (Å²) >= 11 is 0. The quantitative estimate of drug-likeness (QED) is 0.801. The second kappa shape index (κ2) is 4.56. The molecule has 86 valence electrons. The van der Waals surface area contributed by atoms with Gasteiger partial charge in [-0.25, -0.2) is 0 Å². The zero-order chi connectivity index (χ0) is 10.8. The Bertz CT molecular complexity index is 330. The molecule has 0 radical (unpaired) electrons. The molecule has 1 saturated carbocycles. The monoisotopic (exact) mass is 216 g/mol. The smallest absolute Gasteiger partial charge is 0.0143 e. The van der Waals surface area contributed by atoms with E-state index in [9.17, 15) is 0 Å². The van der Waals surface area contributed by atoms with E-state index in [1.54, 1.807) is 0 Å². The van der Waals surface area contributed by atoms with Crippen molar-refractivity contribution < 1.29 is 0 Å². The van der Waals surface area contributed by atoms with Crippen molar-refractivity contribution in [2.24, 2.45) is 5.92 Å². The lowest BCUT2D eigenvalue weighted by molar-refractivity contribution is 0.507. The molecule has 2 heteroatoms. The summed E-state index contributed by atoms with van der Waals surface area (Å²) in [6, 6.07) is 11.6. The van der Waals surface area contributed by atoms with Gasteiger partial charge in [-0.15, -0.1) is 0 Å². The fraction of sp³-hybridized carbons (Fsp3) is 0.571. The molecule has 1 aromatic carbocycles. The average Bonchev–Trinajstić information content (AvgIpc) is 2.93. The molecular weight excluding hydrogens is 196 g/mol. The number of rotatable bonds is 4. The van der Waals surface area contributed by atoms with Gasteiger partial charge < -0.3 is 10.6 Å². The lowest BCUT2D eigenvalue weighted by Crippen LogP contribution is -2.26. The summed E-state index contributed by atoms with van der Waals surface area (Å²) < 4.78 is 0. The summed E-state index contributed by atoms with van der Waals surface area (Å²) in [6.45, 7) is 3.61. The van der Waals surface area contributed by atoms with Crippen LogP contribution in [-0.2, 0) is 0 Å². The van der Waals surface area contributed by atoms with Crippen LogP contribution in [0.2, 0.25) is 0 Å². The molecule has 3 atom stereocenters. The van der Waals surface area contributed by atoms with Crippen LogP contribution in [0.3, 0.4) is 0 Å². The van der Waals surface area contributed by atoms with Gasteiger partial charge in [-0.3, -0.25) is 0 Å². The first-order chi connectivity index (χ1) is 7.93. The Kier molecular flexibility index (Phi) is 2.94. The van der Waals surface area contributed by atoms with E-state index in [0.29, 0.717) is 0 Å². The van der Waals surface area contributed by atoms with Gasteiger partial charge in [-0.1, -0.05) is 30.3 Å². The van der Waals surface area contributed by atoms with Gasteiger partial charge in [0.15, 0.2) is 0 Å². The van der Waals surface area contributed by atoms with Crippen LogP contribution >= 0.6 is 0 Å². The zero-order valence-electron chi connectivity index (χ0n) is 9.65. The minimum Gasteiger partial charge on any atom is -0.316 e. The molecule has 16 heavy (non-hydrogen) atoms. The highest BCUT2D eigenvalue weighted by molar-refractivity contribution is 5.27. The largest absolute Gasteiger partial charge is 0.316 e. The van der Waals surface area contributed by atoms with Crippen LogP contribution < -0.4 is 10.6 Å². The Balaban J connectivity index is 1.46. The van der Waals surface area contributed by atoms with Crippen molar-refractivity contribution in [3.05, 3.63) is 35.9 Å². The third-order valence-electron chi connectivity index (χ3n) is 3.85. The van der Waals surface area contributed by atoms with Crippen LogP contribution in [0.25, 0.3) is 0 Å². The van der Waals surface area contributed by atoms with Crippen LogP contribution in [-0.4, -0.2) is 25.7 Å². The Hall–Kier alpha value is -0.860. The van der Waals surface area contributed by atoms with Gasteiger partial charge >= 0.3 is 0 Å². The highest BCUT2D eigenvalue weighted by Crippen LogP contribution is 2.40. The molecule has 0 aromatic heterocycles. The van der Waals surface area contributed by atoms with Gasteiger partial charge in [0, 0.05) is 12.0 Å². The van der Waals surface area contributed by atoms with Gasteiger partial charge in [0.2, 0.25) is 0 Å². The Morgan fingerprint density at radius 3 is 2.88 bits per heavy atom. The summed E-state index contributed by atoms with van der Waals surface area (Å²) in [6.07, 6.45) is 2.67. The molecule has 0 bridgehead atoms. The molecule has 0 spiro atoms. The number of hydrogen-bond acceptors (Lipinski definition) is 2. The van der Waals surface area contributed by atoms with E-state index in [4.69, 9.17) is 0 Å². The van der Waals surface area contributed by atoms with E-state index >= 15 is 0 Å². The minimum atomic E-state index is 0.739. The highest BCUT2D eigenvalue weighted by Gasteiger charge is 2.37. The van der Waals surface area contributed by atoms with E-state index < -0.39 is 0 Å². The van der Waals surface area contributed by atoms with Crippen molar-refractivity contribution in [1.82, 2.24) is 10.6 Å². The lowest BCUT2D eigenvalue weighted by atomic mass is 10.1. The van der Waals surface area contributed by atoms with Crippen molar-refractivity contribution >= 4 is 0 Å². The molecule has 3 rings (SSSR count). The fourth-order valence-electron chi connectivity index (χ4n) is 2.70. The number of hydrogen-bond donors (Lipinski definition) is 2. The maximum Gasteiger partial charge on any atom is 0.0143 e. The van der Waals surface area contributed by atoms with Crippen molar-refractivity contribution in [1.29, 1.82) is 0 Å². The second-order valence-corrected chi connectivity index (χ2v) is 5.13. The van der Waals surface area contributed by atoms with Crippen molar-refractivity contribution in [3.63, 3.8) is 0 Å². The molecule has 1 heterocycles. The predicted octanol–water partition coefficient (Wildman–Crippen LogP) is 1.74. The Labute approximate surface area is 97.4 Å². The molecule has 0 amide bonds. The molecule has 1 aliphatic carbocycles. The average molecular weight is 216 g/mol. The standard InChI is InChI=1S/C14H20N2/c1-2-4-12(5-3-1)13-8-14(13)16-10-11-6-7-15-9-11/h1-5,11,13-16H,6-10H2/t11-,13-,14+/m0/s1. The summed E-state index contributed by atoms with van der Waals surface area (Å²) in [5, 5.41) is 7.13. The van der Waals surface area contributed by atoms with Crippen LogP contribution in [0.15, 0.2) is 30.3 Å². The van der Waals surface area contributed by atoms with E-state index in [-0.39, 0.29) is 0 Å². The molecule has 2 fully saturated rings. The molecular formula is C14H20N2. The lowest BCUT2D eigenvalue weighted by Gasteiger charge is -2.09. The van der Waals surface area contributed by atoms with Gasteiger partial charge in [0.05, 0.1) is 0 Å². The van der Waals surface area contributed by atoms with Crippen molar-refractivity contribution in [2.45, 2.75) is 24.8 Å². The molecule has 2 aliphatic rings. The molecule has 2 N–H and O–H groups in total. The molecule has 1 aromatic rings. The molecule has 0 unspecified atom stereocenters. The summed E-state index contributed by atoms with van der Waals surface area (Å²) in [4.78, 5) is 0. The fourth-order valence-corrected chi connectivity index (χ4v) is 2.70. The van der Waals surface area contributed by atoms with Gasteiger partial charge in [0.25, 0.3) is 0 Å². The highest BCUT2D eigenvalue weighted by atomic mass is 15.0. The molecule has 1 saturated heterocycles. The van der Waals surface area contributed by atoms with Crippen LogP contribution in [0.4, 0.5) is 0 Å². The van der Waals surface area contributed by atoms with E-state index in [1.807, 2.05) is 0 Å². The summed E-state index contributed by atoms with van der Waals surface area (Å²) in [5.74, 6) is 1.63. The van der Waals surface area contributed by atoms with E-state index in [2.05, 4.69) is 41.0 Å². The Morgan fingerprint density at radius 1 is 1.25 bits per heavy atom. The van der Waals surface area contributed by atoms with Gasteiger partial charge in [-0.2, -0.15) is 0 Å². The maximum absolute atomic E-state index is 3.71. The normalized spacial score (nSPS) is 32.9. The van der Waals surface area contributed by atoms with Crippen LogP contribution in [0.5, 0.6) is 0 Å². The third-order valence-corrected chi connectivity index (χ3v) is 3.85. The Morgan fingerprint density at radius 2 is 2.12 bits per heavy atom. The number of nitrogens with one attached hydrogen (secondary N) is 2. The molecule has 2 nitrogen and oxygen atoms in total. The summed E-state index contributed by atoms with van der Waals surface area (Å²) in [7, 11) is 0.